The van der Waals surface area contributed by atoms with Crippen LogP contribution in [0.25, 0.3) is 0 Å². The van der Waals surface area contributed by atoms with Crippen LogP contribution in [0.3, 0.4) is 0 Å². The molecule has 1 aromatic carbocycles. The van der Waals surface area contributed by atoms with Crippen LogP contribution in [0.4, 0.5) is 11.4 Å². The summed E-state index contributed by atoms with van der Waals surface area (Å²) in [6, 6.07) is 6.93. The molecule has 7 heteroatoms. The molecule has 2 N–H and O–H groups in total. The number of nitrogens with zero attached hydrogens (tertiary/aromatic N) is 1. The molecule has 6 nitrogen and oxygen atoms in total. The molecule has 0 spiro atoms. The third-order valence-corrected chi connectivity index (χ3v) is 5.24. The molecule has 21 heavy (non-hydrogen) atoms. The standard InChI is InChI=1S/C14H21N3O3S/c1-15-9-2-4-14(18)16-12-5-7-13(8-6-12)17-10-3-11-21(17,19)20/h5-8,15H,2-4,9-11H2,1H3,(H,16,18). The van der Waals surface area contributed by atoms with Gasteiger partial charge in [-0.3, -0.25) is 9.10 Å². The van der Waals surface area contributed by atoms with Gasteiger partial charge in [0.15, 0.2) is 0 Å². The minimum atomic E-state index is -3.15. The predicted molar refractivity (Wildman–Crippen MR) is 84.0 cm³/mol. The molecule has 0 unspecified atom stereocenters. The third-order valence-electron chi connectivity index (χ3n) is 3.37. The molecule has 0 aromatic heterocycles. The normalized spacial score (nSPS) is 16.9. The Hall–Kier alpha value is -1.60. The largest absolute Gasteiger partial charge is 0.326 e. The molecule has 1 heterocycles. The number of carbonyl (C=O) groups is 1. The third kappa shape index (κ3) is 4.18. The molecule has 116 valence electrons. The summed E-state index contributed by atoms with van der Waals surface area (Å²) in [6.07, 6.45) is 1.90. The number of nitrogens with one attached hydrogen (secondary N) is 2. The Kier molecular flexibility index (Phi) is 5.19. The molecule has 0 radical (unpaired) electrons. The monoisotopic (exact) mass is 311 g/mol. The smallest absolute Gasteiger partial charge is 0.235 e. The fourth-order valence-electron chi connectivity index (χ4n) is 2.29. The summed E-state index contributed by atoms with van der Waals surface area (Å²) >= 11 is 0. The van der Waals surface area contributed by atoms with Gasteiger partial charge in [0.1, 0.15) is 0 Å². The van der Waals surface area contributed by atoms with E-state index in [1.165, 1.54) is 4.31 Å². The number of rotatable bonds is 6. The van der Waals surface area contributed by atoms with E-state index in [0.29, 0.717) is 30.8 Å². The van der Waals surface area contributed by atoms with Gasteiger partial charge < -0.3 is 10.6 Å². The molecule has 0 aliphatic carbocycles. The van der Waals surface area contributed by atoms with Gasteiger partial charge in [-0.05, 0) is 50.7 Å². The average Bonchev–Trinajstić information content (AvgIpc) is 2.79. The first-order valence-corrected chi connectivity index (χ1v) is 8.69. The van der Waals surface area contributed by atoms with Crippen LogP contribution in [-0.4, -0.2) is 40.2 Å². The van der Waals surface area contributed by atoms with Crippen molar-refractivity contribution in [3.8, 4) is 0 Å². The van der Waals surface area contributed by atoms with E-state index >= 15 is 0 Å². The molecule has 0 bridgehead atoms. The average molecular weight is 311 g/mol. The van der Waals surface area contributed by atoms with Crippen LogP contribution in [0.5, 0.6) is 0 Å². The van der Waals surface area contributed by atoms with Crippen molar-refractivity contribution in [1.82, 2.24) is 5.32 Å². The lowest BCUT2D eigenvalue weighted by Crippen LogP contribution is -2.25. The molecule has 1 fully saturated rings. The Balaban J connectivity index is 1.95. The van der Waals surface area contributed by atoms with Crippen LogP contribution in [0.1, 0.15) is 19.3 Å². The zero-order valence-corrected chi connectivity index (χ0v) is 12.9. The summed E-state index contributed by atoms with van der Waals surface area (Å²) in [5, 5.41) is 5.80. The number of hydrogen-bond donors (Lipinski definition) is 2. The maximum atomic E-state index is 11.8. The van der Waals surface area contributed by atoms with Crippen LogP contribution < -0.4 is 14.9 Å². The Labute approximate surface area is 125 Å². The number of hydrogen-bond acceptors (Lipinski definition) is 4. The van der Waals surface area contributed by atoms with Gasteiger partial charge >= 0.3 is 0 Å². The Morgan fingerprint density at radius 1 is 1.29 bits per heavy atom. The lowest BCUT2D eigenvalue weighted by atomic mass is 10.2. The number of sulfonamides is 1. The lowest BCUT2D eigenvalue weighted by Gasteiger charge is -2.17. The fourth-order valence-corrected chi connectivity index (χ4v) is 3.85. The van der Waals surface area contributed by atoms with Crippen molar-refractivity contribution in [2.45, 2.75) is 19.3 Å². The molecule has 0 atom stereocenters. The van der Waals surface area contributed by atoms with Crippen LogP contribution >= 0.6 is 0 Å². The van der Waals surface area contributed by atoms with Gasteiger partial charge in [0, 0.05) is 18.7 Å². The first-order chi connectivity index (χ1) is 10.0. The van der Waals surface area contributed by atoms with Gasteiger partial charge in [-0.15, -0.1) is 0 Å². The highest BCUT2D eigenvalue weighted by Gasteiger charge is 2.28. The van der Waals surface area contributed by atoms with Gasteiger partial charge in [0.05, 0.1) is 11.4 Å². The Morgan fingerprint density at radius 3 is 2.57 bits per heavy atom. The summed E-state index contributed by atoms with van der Waals surface area (Å²) in [6.45, 7) is 1.33. The SMILES string of the molecule is CNCCCC(=O)Nc1ccc(N2CCCS2(=O)=O)cc1. The summed E-state index contributed by atoms with van der Waals surface area (Å²) in [4.78, 5) is 11.7. The van der Waals surface area contributed by atoms with Gasteiger partial charge in [-0.1, -0.05) is 0 Å². The van der Waals surface area contributed by atoms with Gasteiger partial charge in [-0.2, -0.15) is 0 Å². The minimum absolute atomic E-state index is 0.0354. The maximum absolute atomic E-state index is 11.8. The van der Waals surface area contributed by atoms with E-state index in [9.17, 15) is 13.2 Å². The van der Waals surface area contributed by atoms with E-state index in [1.54, 1.807) is 24.3 Å². The van der Waals surface area contributed by atoms with Gasteiger partial charge in [-0.25, -0.2) is 8.42 Å². The molecular weight excluding hydrogens is 290 g/mol. The van der Waals surface area contributed by atoms with Crippen molar-refractivity contribution < 1.29 is 13.2 Å². The molecule has 1 aliphatic rings. The van der Waals surface area contributed by atoms with E-state index in [4.69, 9.17) is 0 Å². The van der Waals surface area contributed by atoms with Crippen molar-refractivity contribution in [3.63, 3.8) is 0 Å². The lowest BCUT2D eigenvalue weighted by molar-refractivity contribution is -0.116. The zero-order valence-electron chi connectivity index (χ0n) is 12.1. The van der Waals surface area contributed by atoms with Crippen LogP contribution in [-0.2, 0) is 14.8 Å². The van der Waals surface area contributed by atoms with Crippen molar-refractivity contribution in [2.24, 2.45) is 0 Å². The van der Waals surface area contributed by atoms with Crippen molar-refractivity contribution in [3.05, 3.63) is 24.3 Å². The molecule has 1 saturated heterocycles. The first kappa shape index (κ1) is 15.8. The second-order valence-electron chi connectivity index (χ2n) is 5.04. The maximum Gasteiger partial charge on any atom is 0.235 e. The van der Waals surface area contributed by atoms with Crippen molar-refractivity contribution >= 4 is 27.3 Å². The number of anilines is 2. The molecule has 1 aliphatic heterocycles. The number of carbonyl (C=O) groups excluding carboxylic acids is 1. The van der Waals surface area contributed by atoms with Crippen molar-refractivity contribution in [2.75, 3.05) is 35.5 Å². The Bertz CT molecular complexity index is 584. The second-order valence-corrected chi connectivity index (χ2v) is 7.06. The first-order valence-electron chi connectivity index (χ1n) is 7.08. The highest BCUT2D eigenvalue weighted by Crippen LogP contribution is 2.25. The quantitative estimate of drug-likeness (QED) is 0.773. The van der Waals surface area contributed by atoms with E-state index < -0.39 is 10.0 Å². The summed E-state index contributed by atoms with van der Waals surface area (Å²) < 4.78 is 25.1. The molecule has 1 aromatic rings. The van der Waals surface area contributed by atoms with Crippen molar-refractivity contribution in [1.29, 1.82) is 0 Å². The topological polar surface area (TPSA) is 78.5 Å². The van der Waals surface area contributed by atoms with Crippen LogP contribution in [0.2, 0.25) is 0 Å². The number of amides is 1. The zero-order chi connectivity index (χ0) is 15.3. The van der Waals surface area contributed by atoms with Gasteiger partial charge in [0.2, 0.25) is 15.9 Å². The molecule has 1 amide bonds. The van der Waals surface area contributed by atoms with E-state index in [1.807, 2.05) is 7.05 Å². The predicted octanol–water partition coefficient (Wildman–Crippen LogP) is 1.16. The fraction of sp³-hybridized carbons (Fsp3) is 0.500. The highest BCUT2D eigenvalue weighted by atomic mass is 32.2. The Morgan fingerprint density at radius 2 is 2.00 bits per heavy atom. The highest BCUT2D eigenvalue weighted by molar-refractivity contribution is 7.93. The van der Waals surface area contributed by atoms with Crippen LogP contribution in [0, 0.1) is 0 Å². The summed E-state index contributed by atoms with van der Waals surface area (Å²) in [5.74, 6) is 0.170. The molecule has 0 saturated carbocycles. The van der Waals surface area contributed by atoms with Gasteiger partial charge in [0.25, 0.3) is 0 Å². The van der Waals surface area contributed by atoms with Crippen LogP contribution in [0.15, 0.2) is 24.3 Å². The molecular formula is C14H21N3O3S. The van der Waals surface area contributed by atoms with E-state index in [2.05, 4.69) is 10.6 Å². The van der Waals surface area contributed by atoms with E-state index in [0.717, 1.165) is 13.0 Å². The number of benzene rings is 1. The summed E-state index contributed by atoms with van der Waals surface area (Å²) in [5.41, 5.74) is 1.34. The second kappa shape index (κ2) is 6.91. The molecule has 2 rings (SSSR count). The summed E-state index contributed by atoms with van der Waals surface area (Å²) in [7, 11) is -1.30. The van der Waals surface area contributed by atoms with E-state index in [-0.39, 0.29) is 11.7 Å². The minimum Gasteiger partial charge on any atom is -0.326 e.